The molecule has 3 heterocycles. The van der Waals surface area contributed by atoms with Crippen molar-refractivity contribution < 1.29 is 9.15 Å². The molecule has 6 nitrogen and oxygen atoms in total. The quantitative estimate of drug-likeness (QED) is 0.834. The van der Waals surface area contributed by atoms with Crippen LogP contribution in [0.4, 0.5) is 0 Å². The SMILES string of the molecule is Cc1ccc(C2COCCN2Cc2cn(C)nn2)o1. The highest BCUT2D eigenvalue weighted by atomic mass is 16.5. The molecular formula is C13H18N4O2. The van der Waals surface area contributed by atoms with Gasteiger partial charge in [0.05, 0.1) is 24.9 Å². The average molecular weight is 262 g/mol. The summed E-state index contributed by atoms with van der Waals surface area (Å²) in [7, 11) is 1.88. The molecule has 2 aromatic rings. The van der Waals surface area contributed by atoms with Crippen molar-refractivity contribution in [2.45, 2.75) is 19.5 Å². The van der Waals surface area contributed by atoms with Gasteiger partial charge in [-0.15, -0.1) is 5.10 Å². The van der Waals surface area contributed by atoms with Crippen molar-refractivity contribution in [1.82, 2.24) is 19.9 Å². The molecule has 1 saturated heterocycles. The van der Waals surface area contributed by atoms with E-state index in [1.165, 1.54) is 0 Å². The molecule has 0 aliphatic carbocycles. The first-order chi connectivity index (χ1) is 9.22. The van der Waals surface area contributed by atoms with Crippen molar-refractivity contribution in [3.8, 4) is 0 Å². The lowest BCUT2D eigenvalue weighted by Gasteiger charge is -2.33. The number of aromatic nitrogens is 3. The fourth-order valence-corrected chi connectivity index (χ4v) is 2.40. The van der Waals surface area contributed by atoms with Gasteiger partial charge < -0.3 is 9.15 Å². The van der Waals surface area contributed by atoms with Gasteiger partial charge in [-0.1, -0.05) is 5.21 Å². The van der Waals surface area contributed by atoms with Crippen LogP contribution in [0.5, 0.6) is 0 Å². The molecule has 1 fully saturated rings. The van der Waals surface area contributed by atoms with Crippen molar-refractivity contribution >= 4 is 0 Å². The molecular weight excluding hydrogens is 244 g/mol. The number of hydrogen-bond acceptors (Lipinski definition) is 5. The molecule has 0 amide bonds. The number of ether oxygens (including phenoxy) is 1. The molecule has 102 valence electrons. The minimum Gasteiger partial charge on any atom is -0.465 e. The largest absolute Gasteiger partial charge is 0.465 e. The lowest BCUT2D eigenvalue weighted by Crippen LogP contribution is -2.38. The van der Waals surface area contributed by atoms with Gasteiger partial charge in [-0.25, -0.2) is 0 Å². The van der Waals surface area contributed by atoms with Crippen LogP contribution in [0.1, 0.15) is 23.3 Å². The van der Waals surface area contributed by atoms with Gasteiger partial charge in [0.2, 0.25) is 0 Å². The van der Waals surface area contributed by atoms with Crippen LogP contribution in [0.15, 0.2) is 22.7 Å². The first kappa shape index (κ1) is 12.4. The van der Waals surface area contributed by atoms with E-state index in [1.807, 2.05) is 32.3 Å². The maximum atomic E-state index is 5.73. The summed E-state index contributed by atoms with van der Waals surface area (Å²) < 4.78 is 13.0. The first-order valence-corrected chi connectivity index (χ1v) is 6.46. The highest BCUT2D eigenvalue weighted by Gasteiger charge is 2.27. The minimum atomic E-state index is 0.157. The second-order valence-electron chi connectivity index (χ2n) is 4.89. The summed E-state index contributed by atoms with van der Waals surface area (Å²) in [6, 6.07) is 4.17. The Morgan fingerprint density at radius 2 is 2.32 bits per heavy atom. The molecule has 0 bridgehead atoms. The lowest BCUT2D eigenvalue weighted by molar-refractivity contribution is -0.0210. The number of furan rings is 1. The van der Waals surface area contributed by atoms with Crippen LogP contribution < -0.4 is 0 Å². The third-order valence-corrected chi connectivity index (χ3v) is 3.34. The number of rotatable bonds is 3. The Balaban J connectivity index is 1.77. The van der Waals surface area contributed by atoms with Crippen molar-refractivity contribution in [3.63, 3.8) is 0 Å². The monoisotopic (exact) mass is 262 g/mol. The van der Waals surface area contributed by atoms with Gasteiger partial charge >= 0.3 is 0 Å². The van der Waals surface area contributed by atoms with Crippen LogP contribution in [0.2, 0.25) is 0 Å². The van der Waals surface area contributed by atoms with E-state index in [0.29, 0.717) is 6.61 Å². The highest BCUT2D eigenvalue weighted by molar-refractivity contribution is 5.11. The number of aryl methyl sites for hydroxylation is 2. The van der Waals surface area contributed by atoms with E-state index in [9.17, 15) is 0 Å². The summed E-state index contributed by atoms with van der Waals surface area (Å²) in [6.07, 6.45) is 1.94. The molecule has 19 heavy (non-hydrogen) atoms. The maximum absolute atomic E-state index is 5.73. The second-order valence-corrected chi connectivity index (χ2v) is 4.89. The van der Waals surface area contributed by atoms with Gasteiger partial charge in [0.25, 0.3) is 0 Å². The Morgan fingerprint density at radius 1 is 1.42 bits per heavy atom. The summed E-state index contributed by atoms with van der Waals surface area (Å²) in [5.41, 5.74) is 0.970. The molecule has 6 heteroatoms. The second kappa shape index (κ2) is 5.14. The van der Waals surface area contributed by atoms with E-state index in [2.05, 4.69) is 15.2 Å². The van der Waals surface area contributed by atoms with E-state index in [-0.39, 0.29) is 6.04 Å². The summed E-state index contributed by atoms with van der Waals surface area (Å²) in [4.78, 5) is 2.33. The Kier molecular flexibility index (Phi) is 3.35. The molecule has 0 radical (unpaired) electrons. The van der Waals surface area contributed by atoms with Gasteiger partial charge in [0.1, 0.15) is 11.5 Å². The molecule has 3 rings (SSSR count). The zero-order valence-electron chi connectivity index (χ0n) is 11.2. The molecule has 1 atom stereocenters. The first-order valence-electron chi connectivity index (χ1n) is 6.46. The number of hydrogen-bond donors (Lipinski definition) is 0. The van der Waals surface area contributed by atoms with E-state index in [4.69, 9.17) is 9.15 Å². The third-order valence-electron chi connectivity index (χ3n) is 3.34. The molecule has 1 aliphatic rings. The number of nitrogens with zero attached hydrogens (tertiary/aromatic N) is 4. The van der Waals surface area contributed by atoms with E-state index in [0.717, 1.165) is 36.9 Å². The third kappa shape index (κ3) is 2.69. The summed E-state index contributed by atoms with van der Waals surface area (Å²) in [6.45, 7) is 5.01. The normalized spacial score (nSPS) is 20.8. The fourth-order valence-electron chi connectivity index (χ4n) is 2.40. The number of morpholine rings is 1. The van der Waals surface area contributed by atoms with Crippen molar-refractivity contribution in [2.24, 2.45) is 7.05 Å². The van der Waals surface area contributed by atoms with Gasteiger partial charge in [0, 0.05) is 26.3 Å². The summed E-state index contributed by atoms with van der Waals surface area (Å²) in [5, 5.41) is 8.11. The van der Waals surface area contributed by atoms with Crippen molar-refractivity contribution in [2.75, 3.05) is 19.8 Å². The summed E-state index contributed by atoms with van der Waals surface area (Å²) in [5.74, 6) is 1.89. The van der Waals surface area contributed by atoms with Crippen molar-refractivity contribution in [1.29, 1.82) is 0 Å². The Morgan fingerprint density at radius 3 is 3.00 bits per heavy atom. The molecule has 1 aliphatic heterocycles. The topological polar surface area (TPSA) is 56.3 Å². The van der Waals surface area contributed by atoms with Crippen LogP contribution in [0, 0.1) is 6.92 Å². The highest BCUT2D eigenvalue weighted by Crippen LogP contribution is 2.26. The standard InChI is InChI=1S/C13H18N4O2/c1-10-3-4-13(19-10)12-9-18-6-5-17(12)8-11-7-16(2)15-14-11/h3-4,7,12H,5-6,8-9H2,1-2H3. The van der Waals surface area contributed by atoms with Gasteiger partial charge in [0.15, 0.2) is 0 Å². The van der Waals surface area contributed by atoms with Crippen LogP contribution in [-0.4, -0.2) is 39.7 Å². The average Bonchev–Trinajstić information content (AvgIpc) is 2.99. The van der Waals surface area contributed by atoms with Gasteiger partial charge in [-0.2, -0.15) is 0 Å². The smallest absolute Gasteiger partial charge is 0.123 e. The Labute approximate surface area is 112 Å². The Bertz CT molecular complexity index is 548. The van der Waals surface area contributed by atoms with Crippen LogP contribution >= 0.6 is 0 Å². The molecule has 0 N–H and O–H groups in total. The van der Waals surface area contributed by atoms with Gasteiger partial charge in [-0.05, 0) is 19.1 Å². The molecule has 1 unspecified atom stereocenters. The van der Waals surface area contributed by atoms with Crippen molar-refractivity contribution in [3.05, 3.63) is 35.5 Å². The zero-order valence-corrected chi connectivity index (χ0v) is 11.2. The van der Waals surface area contributed by atoms with Crippen LogP contribution in [0.3, 0.4) is 0 Å². The van der Waals surface area contributed by atoms with E-state index < -0.39 is 0 Å². The molecule has 2 aromatic heterocycles. The van der Waals surface area contributed by atoms with Crippen LogP contribution in [0.25, 0.3) is 0 Å². The summed E-state index contributed by atoms with van der Waals surface area (Å²) >= 11 is 0. The molecule has 0 aromatic carbocycles. The van der Waals surface area contributed by atoms with Crippen LogP contribution in [-0.2, 0) is 18.3 Å². The lowest BCUT2D eigenvalue weighted by atomic mass is 10.1. The molecule has 0 saturated carbocycles. The predicted octanol–water partition coefficient (Wildman–Crippen LogP) is 1.29. The molecule has 0 spiro atoms. The predicted molar refractivity (Wildman–Crippen MR) is 68.4 cm³/mol. The Hall–Kier alpha value is -1.66. The van der Waals surface area contributed by atoms with E-state index in [1.54, 1.807) is 4.68 Å². The van der Waals surface area contributed by atoms with Gasteiger partial charge in [-0.3, -0.25) is 9.58 Å². The minimum absolute atomic E-state index is 0.157. The maximum Gasteiger partial charge on any atom is 0.123 e. The fraction of sp³-hybridized carbons (Fsp3) is 0.538. The van der Waals surface area contributed by atoms with E-state index >= 15 is 0 Å². The zero-order chi connectivity index (χ0) is 13.2.